The van der Waals surface area contributed by atoms with Crippen molar-refractivity contribution in [1.29, 1.82) is 0 Å². The van der Waals surface area contributed by atoms with Crippen molar-refractivity contribution in [3.05, 3.63) is 13.5 Å². The van der Waals surface area contributed by atoms with Crippen LogP contribution in [0.25, 0.3) is 0 Å². The van der Waals surface area contributed by atoms with Gasteiger partial charge in [-0.3, -0.25) is 5.90 Å². The Kier molecular flexibility index (Phi) is 15.9. The summed E-state index contributed by atoms with van der Waals surface area (Å²) in [6.07, 6.45) is 2.90. The molecule has 0 unspecified atom stereocenters. The number of hydrogen-bond donors (Lipinski definition) is 1. The quantitative estimate of drug-likeness (QED) is 0.472. The van der Waals surface area contributed by atoms with Crippen LogP contribution in [0.3, 0.4) is 0 Å². The van der Waals surface area contributed by atoms with Crippen LogP contribution in [0.2, 0.25) is 0 Å². The minimum atomic E-state index is 0. The van der Waals surface area contributed by atoms with Crippen LogP contribution >= 0.6 is 0 Å². The minimum Gasteiger partial charge on any atom is -0.477 e. The molecule has 0 aromatic rings. The van der Waals surface area contributed by atoms with Gasteiger partial charge in [0.2, 0.25) is 0 Å². The Morgan fingerprint density at radius 3 is 2.62 bits per heavy atom. The SMILES string of the molecule is [CH2-]CCC[CH-]ON.[U+2]. The molecule has 0 bridgehead atoms. The van der Waals surface area contributed by atoms with Crippen molar-refractivity contribution in [3.63, 3.8) is 0 Å². The molecule has 0 aliphatic rings. The summed E-state index contributed by atoms with van der Waals surface area (Å²) in [6, 6.07) is 0. The number of nitrogens with two attached hydrogens (primary N) is 1. The topological polar surface area (TPSA) is 35.2 Å². The maximum atomic E-state index is 4.69. The molecule has 0 saturated carbocycles. The van der Waals surface area contributed by atoms with Crippen LogP contribution < -0.4 is 5.90 Å². The molecule has 0 aromatic heterocycles. The molecule has 0 aliphatic carbocycles. The average molecular weight is 339 g/mol. The number of rotatable bonds is 4. The van der Waals surface area contributed by atoms with Gasteiger partial charge in [0, 0.05) is 0 Å². The zero-order valence-electron chi connectivity index (χ0n) is 4.89. The summed E-state index contributed by atoms with van der Waals surface area (Å²) in [5.74, 6) is 4.69. The molecule has 0 spiro atoms. The van der Waals surface area contributed by atoms with Gasteiger partial charge in [0.15, 0.2) is 0 Å². The van der Waals surface area contributed by atoms with Crippen molar-refractivity contribution >= 4 is 0 Å². The molecular formula is C5H11NOU. The Morgan fingerprint density at radius 1 is 1.62 bits per heavy atom. The van der Waals surface area contributed by atoms with Crippen LogP contribution in [0, 0.1) is 44.6 Å². The van der Waals surface area contributed by atoms with E-state index in [-0.39, 0.29) is 31.1 Å². The zero-order chi connectivity index (χ0) is 5.54. The standard InChI is InChI=1S/C5H11NO.U/c1-2-3-4-5-7-6;/h5H,1-4,6H2;/q-2;+2. The van der Waals surface area contributed by atoms with Gasteiger partial charge in [-0.05, 0) is 0 Å². The Morgan fingerprint density at radius 2 is 2.25 bits per heavy atom. The van der Waals surface area contributed by atoms with E-state index in [9.17, 15) is 0 Å². The molecule has 0 rings (SSSR count). The summed E-state index contributed by atoms with van der Waals surface area (Å²) >= 11 is 0. The van der Waals surface area contributed by atoms with Crippen molar-refractivity contribution in [3.8, 4) is 0 Å². The first-order chi connectivity index (χ1) is 3.41. The predicted molar refractivity (Wildman–Crippen MR) is 28.8 cm³/mol. The molecule has 0 amide bonds. The first-order valence-corrected chi connectivity index (χ1v) is 2.38. The number of hydrogen-bond acceptors (Lipinski definition) is 2. The van der Waals surface area contributed by atoms with Gasteiger partial charge < -0.3 is 11.8 Å². The molecule has 0 heterocycles. The molecular weight excluding hydrogens is 328 g/mol. The van der Waals surface area contributed by atoms with Gasteiger partial charge in [-0.1, -0.05) is 0 Å². The molecule has 0 aliphatic heterocycles. The molecule has 2 nitrogen and oxygen atoms in total. The third-order valence-electron chi connectivity index (χ3n) is 0.668. The molecule has 0 fully saturated rings. The van der Waals surface area contributed by atoms with Gasteiger partial charge >= 0.3 is 31.1 Å². The fourth-order valence-corrected chi connectivity index (χ4v) is 0.296. The van der Waals surface area contributed by atoms with E-state index in [1.54, 1.807) is 6.61 Å². The monoisotopic (exact) mass is 339 g/mol. The fraction of sp³-hybridized carbons (Fsp3) is 0.600. The molecule has 0 radical (unpaired) electrons. The summed E-state index contributed by atoms with van der Waals surface area (Å²) < 4.78 is 0. The smallest absolute Gasteiger partial charge is 0.477 e. The van der Waals surface area contributed by atoms with Crippen LogP contribution in [0.5, 0.6) is 0 Å². The molecule has 0 saturated heterocycles. The molecule has 2 N–H and O–H groups in total. The first kappa shape index (κ1) is 11.7. The minimum absolute atomic E-state index is 0. The van der Waals surface area contributed by atoms with Gasteiger partial charge in [0.1, 0.15) is 0 Å². The molecule has 8 heavy (non-hydrogen) atoms. The molecule has 46 valence electrons. The largest absolute Gasteiger partial charge is 2.00 e. The van der Waals surface area contributed by atoms with Crippen LogP contribution in [-0.2, 0) is 4.84 Å². The van der Waals surface area contributed by atoms with E-state index in [4.69, 9.17) is 5.90 Å². The average Bonchev–Trinajstić information content (AvgIpc) is 1.69. The fourth-order valence-electron chi connectivity index (χ4n) is 0.296. The third kappa shape index (κ3) is 10.1. The second-order valence-electron chi connectivity index (χ2n) is 1.30. The maximum absolute atomic E-state index is 4.69. The van der Waals surface area contributed by atoms with Crippen molar-refractivity contribution in [2.75, 3.05) is 0 Å². The molecule has 0 atom stereocenters. The van der Waals surface area contributed by atoms with Gasteiger partial charge in [-0.2, -0.15) is 19.4 Å². The Bertz CT molecular complexity index is 31.6. The van der Waals surface area contributed by atoms with Crippen molar-refractivity contribution < 1.29 is 36.0 Å². The van der Waals surface area contributed by atoms with E-state index in [2.05, 4.69) is 11.8 Å². The summed E-state index contributed by atoms with van der Waals surface area (Å²) in [5, 5.41) is 0. The third-order valence-corrected chi connectivity index (χ3v) is 0.668. The molecule has 3 heteroatoms. The second-order valence-corrected chi connectivity index (χ2v) is 1.30. The zero-order valence-corrected chi connectivity index (χ0v) is 9.06. The predicted octanol–water partition coefficient (Wildman–Crippen LogP) is 1.04. The summed E-state index contributed by atoms with van der Waals surface area (Å²) in [7, 11) is 0. The van der Waals surface area contributed by atoms with Gasteiger partial charge in [0.05, 0.1) is 0 Å². The molecule has 0 aromatic carbocycles. The van der Waals surface area contributed by atoms with Crippen molar-refractivity contribution in [2.24, 2.45) is 5.90 Å². The van der Waals surface area contributed by atoms with E-state index in [0.29, 0.717) is 0 Å². The normalized spacial score (nSPS) is 8.25. The van der Waals surface area contributed by atoms with Gasteiger partial charge in [-0.15, -0.1) is 6.42 Å². The second kappa shape index (κ2) is 10.9. The van der Waals surface area contributed by atoms with E-state index >= 15 is 0 Å². The summed E-state index contributed by atoms with van der Waals surface area (Å²) in [4.78, 5) is 4.19. The van der Waals surface area contributed by atoms with Gasteiger partial charge in [-0.25, -0.2) is 0 Å². The Hall–Kier alpha value is 0.972. The summed E-state index contributed by atoms with van der Waals surface area (Å²) in [6.45, 7) is 5.22. The van der Waals surface area contributed by atoms with Crippen LogP contribution in [0.1, 0.15) is 19.3 Å². The van der Waals surface area contributed by atoms with E-state index in [1.165, 1.54) is 0 Å². The van der Waals surface area contributed by atoms with Crippen molar-refractivity contribution in [1.82, 2.24) is 0 Å². The summed E-state index contributed by atoms with van der Waals surface area (Å²) in [5.41, 5.74) is 0. The van der Waals surface area contributed by atoms with E-state index < -0.39 is 0 Å². The number of unbranched alkanes of at least 4 members (excludes halogenated alkanes) is 2. The Balaban J connectivity index is 0. The Labute approximate surface area is 74.5 Å². The van der Waals surface area contributed by atoms with Gasteiger partial charge in [0.25, 0.3) is 0 Å². The van der Waals surface area contributed by atoms with Crippen LogP contribution in [0.4, 0.5) is 0 Å². The van der Waals surface area contributed by atoms with Crippen LogP contribution in [0.15, 0.2) is 0 Å². The van der Waals surface area contributed by atoms with Crippen molar-refractivity contribution in [2.45, 2.75) is 19.3 Å². The van der Waals surface area contributed by atoms with E-state index in [1.807, 2.05) is 0 Å². The van der Waals surface area contributed by atoms with Crippen LogP contribution in [-0.4, -0.2) is 0 Å². The first-order valence-electron chi connectivity index (χ1n) is 2.38. The van der Waals surface area contributed by atoms with E-state index in [0.717, 1.165) is 19.3 Å². The maximum Gasteiger partial charge on any atom is 2.00 e.